The molecule has 0 atom stereocenters. The van der Waals surface area contributed by atoms with Crippen molar-refractivity contribution in [3.63, 3.8) is 0 Å². The summed E-state index contributed by atoms with van der Waals surface area (Å²) in [5.74, 6) is 0.589. The fraction of sp³-hybridized carbons (Fsp3) is 0.929. The quantitative estimate of drug-likeness (QED) is 0.633. The minimum absolute atomic E-state index is 0.366. The van der Waals surface area contributed by atoms with E-state index >= 15 is 0 Å². The maximum atomic E-state index is 11.3. The lowest BCUT2D eigenvalue weighted by atomic mass is 10.2. The summed E-state index contributed by atoms with van der Waals surface area (Å²) in [6.45, 7) is 13.6. The zero-order valence-electron chi connectivity index (χ0n) is 13.0. The predicted octanol–water partition coefficient (Wildman–Crippen LogP) is 2.16. The highest BCUT2D eigenvalue weighted by Crippen LogP contribution is 2.05. The Morgan fingerprint density at radius 1 is 1.16 bits per heavy atom. The summed E-state index contributed by atoms with van der Waals surface area (Å²) >= 11 is 0. The van der Waals surface area contributed by atoms with Crippen LogP contribution in [0.1, 0.15) is 41.0 Å². The van der Waals surface area contributed by atoms with Crippen LogP contribution in [0.5, 0.6) is 0 Å². The van der Waals surface area contributed by atoms with Crippen LogP contribution >= 0.6 is 0 Å². The molecule has 0 spiro atoms. The van der Waals surface area contributed by atoms with Crippen LogP contribution in [0.2, 0.25) is 0 Å². The van der Waals surface area contributed by atoms with Gasteiger partial charge >= 0.3 is 6.09 Å². The molecule has 1 amide bonds. The molecule has 0 unspecified atom stereocenters. The van der Waals surface area contributed by atoms with E-state index in [1.807, 2.05) is 20.8 Å². The third kappa shape index (κ3) is 15.1. The minimum Gasteiger partial charge on any atom is -0.444 e. The van der Waals surface area contributed by atoms with Crippen molar-refractivity contribution in [3.8, 4) is 0 Å². The number of alkyl carbamates (subject to hydrolysis) is 1. The first-order valence-electron chi connectivity index (χ1n) is 7.06. The van der Waals surface area contributed by atoms with Crippen LogP contribution in [0.25, 0.3) is 0 Å². The largest absolute Gasteiger partial charge is 0.444 e. The molecule has 0 rings (SSSR count). The molecule has 2 N–H and O–H groups in total. The van der Waals surface area contributed by atoms with Crippen molar-refractivity contribution in [2.24, 2.45) is 5.92 Å². The van der Waals surface area contributed by atoms with E-state index in [1.165, 1.54) is 0 Å². The SMILES string of the molecule is CC(C)COCCCNCCNC(=O)OC(C)(C)C. The molecule has 0 saturated heterocycles. The van der Waals surface area contributed by atoms with Gasteiger partial charge < -0.3 is 20.1 Å². The van der Waals surface area contributed by atoms with Crippen molar-refractivity contribution < 1.29 is 14.3 Å². The molecule has 0 bridgehead atoms. The summed E-state index contributed by atoms with van der Waals surface area (Å²) in [5.41, 5.74) is -0.439. The zero-order valence-corrected chi connectivity index (χ0v) is 13.0. The van der Waals surface area contributed by atoms with E-state index in [2.05, 4.69) is 24.5 Å². The van der Waals surface area contributed by atoms with E-state index in [0.717, 1.165) is 32.7 Å². The number of ether oxygens (including phenoxy) is 2. The second kappa shape index (κ2) is 10.0. The van der Waals surface area contributed by atoms with Gasteiger partial charge in [0, 0.05) is 26.3 Å². The van der Waals surface area contributed by atoms with Gasteiger partial charge in [0.2, 0.25) is 0 Å². The van der Waals surface area contributed by atoms with Crippen LogP contribution in [0.3, 0.4) is 0 Å². The molecule has 0 aliphatic rings. The van der Waals surface area contributed by atoms with E-state index in [1.54, 1.807) is 0 Å². The monoisotopic (exact) mass is 274 g/mol. The lowest BCUT2D eigenvalue weighted by Gasteiger charge is -2.19. The summed E-state index contributed by atoms with van der Waals surface area (Å²) in [7, 11) is 0. The highest BCUT2D eigenvalue weighted by molar-refractivity contribution is 5.67. The van der Waals surface area contributed by atoms with Crippen LogP contribution < -0.4 is 10.6 Å². The van der Waals surface area contributed by atoms with Crippen molar-refractivity contribution in [1.82, 2.24) is 10.6 Å². The van der Waals surface area contributed by atoms with Gasteiger partial charge in [0.15, 0.2) is 0 Å². The summed E-state index contributed by atoms with van der Waals surface area (Å²) in [4.78, 5) is 11.3. The first-order chi connectivity index (χ1) is 8.81. The first kappa shape index (κ1) is 18.2. The Bertz CT molecular complexity index is 237. The Labute approximate surface area is 117 Å². The van der Waals surface area contributed by atoms with Crippen LogP contribution in [-0.2, 0) is 9.47 Å². The van der Waals surface area contributed by atoms with Crippen LogP contribution in [0.4, 0.5) is 4.79 Å². The van der Waals surface area contributed by atoms with Crippen LogP contribution in [0.15, 0.2) is 0 Å². The molecule has 0 fully saturated rings. The van der Waals surface area contributed by atoms with Crippen LogP contribution in [0, 0.1) is 5.92 Å². The summed E-state index contributed by atoms with van der Waals surface area (Å²) < 4.78 is 10.6. The van der Waals surface area contributed by atoms with Crippen molar-refractivity contribution >= 4 is 6.09 Å². The third-order valence-corrected chi connectivity index (χ3v) is 2.06. The molecule has 0 heterocycles. The van der Waals surface area contributed by atoms with E-state index in [0.29, 0.717) is 12.5 Å². The van der Waals surface area contributed by atoms with Gasteiger partial charge in [-0.1, -0.05) is 13.8 Å². The van der Waals surface area contributed by atoms with Crippen LogP contribution in [-0.4, -0.2) is 44.5 Å². The standard InChI is InChI=1S/C14H30N2O3/c1-12(2)11-18-10-6-7-15-8-9-16-13(17)19-14(3,4)5/h12,15H,6-11H2,1-5H3,(H,16,17). The molecule has 5 heteroatoms. The van der Waals surface area contributed by atoms with Gasteiger partial charge in [0.05, 0.1) is 0 Å². The number of carbonyl (C=O) groups is 1. The van der Waals surface area contributed by atoms with Crippen molar-refractivity contribution in [1.29, 1.82) is 0 Å². The molecule has 0 aromatic rings. The Hall–Kier alpha value is -0.810. The maximum Gasteiger partial charge on any atom is 0.407 e. The van der Waals surface area contributed by atoms with Crippen molar-refractivity contribution in [2.45, 2.75) is 46.6 Å². The van der Waals surface area contributed by atoms with E-state index in [9.17, 15) is 4.79 Å². The van der Waals surface area contributed by atoms with Gasteiger partial charge in [-0.25, -0.2) is 4.79 Å². The summed E-state index contributed by atoms with van der Waals surface area (Å²) in [5, 5.41) is 5.94. The minimum atomic E-state index is -0.439. The Morgan fingerprint density at radius 2 is 1.84 bits per heavy atom. The summed E-state index contributed by atoms with van der Waals surface area (Å²) in [6.07, 6.45) is 0.619. The van der Waals surface area contributed by atoms with Gasteiger partial charge in [-0.15, -0.1) is 0 Å². The van der Waals surface area contributed by atoms with Gasteiger partial charge in [-0.2, -0.15) is 0 Å². The molecule has 0 radical (unpaired) electrons. The molecule has 0 aromatic carbocycles. The molecule has 19 heavy (non-hydrogen) atoms. The van der Waals surface area contributed by atoms with Crippen molar-refractivity contribution in [2.75, 3.05) is 32.8 Å². The number of carbonyl (C=O) groups excluding carboxylic acids is 1. The van der Waals surface area contributed by atoms with Gasteiger partial charge in [0.25, 0.3) is 0 Å². The highest BCUT2D eigenvalue weighted by atomic mass is 16.6. The average molecular weight is 274 g/mol. The predicted molar refractivity (Wildman–Crippen MR) is 77.4 cm³/mol. The number of nitrogens with one attached hydrogen (secondary N) is 2. The molecule has 0 saturated carbocycles. The Balaban J connectivity index is 3.25. The van der Waals surface area contributed by atoms with Gasteiger partial charge in [0.1, 0.15) is 5.60 Å². The summed E-state index contributed by atoms with van der Waals surface area (Å²) in [6, 6.07) is 0. The number of hydrogen-bond donors (Lipinski definition) is 2. The third-order valence-electron chi connectivity index (χ3n) is 2.06. The molecular weight excluding hydrogens is 244 g/mol. The number of rotatable bonds is 9. The molecule has 5 nitrogen and oxygen atoms in total. The second-order valence-corrected chi connectivity index (χ2v) is 6.00. The second-order valence-electron chi connectivity index (χ2n) is 6.00. The van der Waals surface area contributed by atoms with Crippen molar-refractivity contribution in [3.05, 3.63) is 0 Å². The lowest BCUT2D eigenvalue weighted by Crippen LogP contribution is -2.36. The smallest absolute Gasteiger partial charge is 0.407 e. The van der Waals surface area contributed by atoms with E-state index in [4.69, 9.17) is 9.47 Å². The number of hydrogen-bond acceptors (Lipinski definition) is 4. The first-order valence-corrected chi connectivity index (χ1v) is 7.06. The van der Waals surface area contributed by atoms with E-state index in [-0.39, 0.29) is 6.09 Å². The topological polar surface area (TPSA) is 59.6 Å². The van der Waals surface area contributed by atoms with E-state index < -0.39 is 5.60 Å². The average Bonchev–Trinajstić information content (AvgIpc) is 2.24. The molecule has 0 aliphatic heterocycles. The fourth-order valence-electron chi connectivity index (χ4n) is 1.31. The highest BCUT2D eigenvalue weighted by Gasteiger charge is 2.15. The Morgan fingerprint density at radius 3 is 2.42 bits per heavy atom. The lowest BCUT2D eigenvalue weighted by molar-refractivity contribution is 0.0528. The number of amides is 1. The molecular formula is C14H30N2O3. The Kier molecular flexibility index (Phi) is 9.61. The normalized spacial score (nSPS) is 11.7. The fourth-order valence-corrected chi connectivity index (χ4v) is 1.31. The van der Waals surface area contributed by atoms with Gasteiger partial charge in [-0.3, -0.25) is 0 Å². The molecule has 114 valence electrons. The molecule has 0 aromatic heterocycles. The zero-order chi connectivity index (χ0) is 14.7. The molecule has 0 aliphatic carbocycles. The van der Waals surface area contributed by atoms with Gasteiger partial charge in [-0.05, 0) is 39.7 Å². The maximum absolute atomic E-state index is 11.3.